The van der Waals surface area contributed by atoms with Crippen molar-refractivity contribution in [2.24, 2.45) is 0 Å². The number of rotatable bonds is 5. The predicted molar refractivity (Wildman–Crippen MR) is 89.6 cm³/mol. The second-order valence-electron chi connectivity index (χ2n) is 5.07. The Bertz CT molecular complexity index is 824. The number of carbonyl (C=O) groups is 2. The van der Waals surface area contributed by atoms with Crippen molar-refractivity contribution < 1.29 is 37.0 Å². The van der Waals surface area contributed by atoms with Gasteiger partial charge in [0.25, 0.3) is 0 Å². The molecule has 0 saturated heterocycles. The summed E-state index contributed by atoms with van der Waals surface area (Å²) in [5.41, 5.74) is 0.809. The molecular formula is C17H13ClF3NO5. The summed E-state index contributed by atoms with van der Waals surface area (Å²) in [5.74, 6) is -2.17. The monoisotopic (exact) mass is 403 g/mol. The smallest absolute Gasteiger partial charge is 0.487 e. The fraction of sp³-hybridized carbons (Fsp3) is 0.176. The minimum Gasteiger partial charge on any atom is -0.487 e. The molecule has 2 aromatic rings. The second kappa shape index (κ2) is 8.63. The summed E-state index contributed by atoms with van der Waals surface area (Å²) in [6.07, 6.45) is -4.76. The largest absolute Gasteiger partial charge is 0.573 e. The van der Waals surface area contributed by atoms with E-state index >= 15 is 0 Å². The predicted octanol–water partition coefficient (Wildman–Crippen LogP) is 3.93. The number of nitrogens with one attached hydrogen (secondary N) is 1. The molecule has 0 atom stereocenters. The molecular weight excluding hydrogens is 391 g/mol. The van der Waals surface area contributed by atoms with Crippen molar-refractivity contribution in [3.8, 4) is 11.5 Å². The first-order chi connectivity index (χ1) is 12.7. The van der Waals surface area contributed by atoms with E-state index in [4.69, 9.17) is 16.3 Å². The van der Waals surface area contributed by atoms with Crippen LogP contribution in [0, 0.1) is 0 Å². The van der Waals surface area contributed by atoms with Crippen LogP contribution in [0.15, 0.2) is 42.5 Å². The third-order valence-corrected chi connectivity index (χ3v) is 3.42. The van der Waals surface area contributed by atoms with Gasteiger partial charge in [0.05, 0.1) is 12.1 Å². The van der Waals surface area contributed by atoms with Crippen molar-refractivity contribution in [2.75, 3.05) is 12.4 Å². The van der Waals surface area contributed by atoms with Gasteiger partial charge in [0, 0.05) is 11.8 Å². The van der Waals surface area contributed by atoms with Crippen LogP contribution in [0.1, 0.15) is 5.56 Å². The van der Waals surface area contributed by atoms with Crippen LogP contribution >= 0.6 is 11.6 Å². The average molecular weight is 404 g/mol. The number of methoxy groups -OCH3 is 1. The lowest BCUT2D eigenvalue weighted by Crippen LogP contribution is -2.23. The van der Waals surface area contributed by atoms with Gasteiger partial charge in [-0.2, -0.15) is 0 Å². The third kappa shape index (κ3) is 6.37. The summed E-state index contributed by atoms with van der Waals surface area (Å²) >= 11 is 6.01. The minimum atomic E-state index is -4.76. The van der Waals surface area contributed by atoms with Gasteiger partial charge in [-0.15, -0.1) is 13.2 Å². The molecule has 144 valence electrons. The van der Waals surface area contributed by atoms with Gasteiger partial charge in [-0.1, -0.05) is 23.7 Å². The van der Waals surface area contributed by atoms with Gasteiger partial charge < -0.3 is 19.5 Å². The zero-order chi connectivity index (χ0) is 20.0. The number of anilines is 1. The van der Waals surface area contributed by atoms with E-state index in [9.17, 15) is 22.8 Å². The lowest BCUT2D eigenvalue weighted by atomic mass is 10.2. The lowest BCUT2D eigenvalue weighted by Gasteiger charge is -2.12. The molecule has 1 amide bonds. The normalized spacial score (nSPS) is 10.9. The fourth-order valence-electron chi connectivity index (χ4n) is 1.91. The summed E-state index contributed by atoms with van der Waals surface area (Å²) in [4.78, 5) is 22.6. The maximum Gasteiger partial charge on any atom is 0.573 e. The number of benzene rings is 2. The summed E-state index contributed by atoms with van der Waals surface area (Å²) in [5, 5.41) is 2.55. The van der Waals surface area contributed by atoms with E-state index in [1.165, 1.54) is 30.3 Å². The molecule has 0 aromatic heterocycles. The Morgan fingerprint density at radius 2 is 1.78 bits per heavy atom. The molecule has 2 rings (SSSR count). The Kier molecular flexibility index (Phi) is 6.51. The highest BCUT2D eigenvalue weighted by atomic mass is 35.5. The van der Waals surface area contributed by atoms with Gasteiger partial charge in [-0.25, -0.2) is 4.79 Å². The molecule has 0 radical (unpaired) electrons. The van der Waals surface area contributed by atoms with Crippen LogP contribution < -0.4 is 14.8 Å². The van der Waals surface area contributed by atoms with Crippen molar-refractivity contribution in [1.82, 2.24) is 0 Å². The highest BCUT2D eigenvalue weighted by Gasteiger charge is 2.30. The summed E-state index contributed by atoms with van der Waals surface area (Å²) in [6.45, 7) is 0.000416. The van der Waals surface area contributed by atoms with E-state index in [1.54, 1.807) is 0 Å². The molecule has 2 aromatic carbocycles. The van der Waals surface area contributed by atoms with E-state index < -0.39 is 18.2 Å². The van der Waals surface area contributed by atoms with Gasteiger partial charge in [0.1, 0.15) is 18.1 Å². The molecule has 0 aliphatic carbocycles. The molecule has 0 saturated carbocycles. The number of alkyl halides is 3. The van der Waals surface area contributed by atoms with Crippen LogP contribution in [-0.4, -0.2) is 25.3 Å². The topological polar surface area (TPSA) is 73.9 Å². The fourth-order valence-corrected chi connectivity index (χ4v) is 2.09. The Balaban J connectivity index is 2.01. The SMILES string of the molecule is COC(=O)C(=O)Nc1ccc(Cl)c(OCc2ccc(OC(F)(F)F)cc2)c1. The van der Waals surface area contributed by atoms with Crippen LogP contribution in [0.4, 0.5) is 18.9 Å². The molecule has 0 heterocycles. The van der Waals surface area contributed by atoms with E-state index in [-0.39, 0.29) is 28.8 Å². The number of amides is 1. The molecule has 6 nitrogen and oxygen atoms in total. The molecule has 0 unspecified atom stereocenters. The van der Waals surface area contributed by atoms with E-state index in [1.807, 2.05) is 0 Å². The first kappa shape index (κ1) is 20.4. The molecule has 1 N–H and O–H groups in total. The number of hydrogen-bond donors (Lipinski definition) is 1. The summed E-state index contributed by atoms with van der Waals surface area (Å²) in [7, 11) is 1.07. The third-order valence-electron chi connectivity index (χ3n) is 3.11. The van der Waals surface area contributed by atoms with Crippen LogP contribution in [0.3, 0.4) is 0 Å². The van der Waals surface area contributed by atoms with Crippen LogP contribution in [0.5, 0.6) is 11.5 Å². The van der Waals surface area contributed by atoms with Crippen molar-refractivity contribution in [2.45, 2.75) is 13.0 Å². The van der Waals surface area contributed by atoms with E-state index in [0.29, 0.717) is 5.56 Å². The Hall–Kier alpha value is -2.94. The van der Waals surface area contributed by atoms with Crippen LogP contribution in [0.2, 0.25) is 5.02 Å². The second-order valence-corrected chi connectivity index (χ2v) is 5.48. The minimum absolute atomic E-state index is 0.000416. The van der Waals surface area contributed by atoms with Gasteiger partial charge in [-0.3, -0.25) is 4.79 Å². The molecule has 0 spiro atoms. The number of esters is 1. The average Bonchev–Trinajstić information content (AvgIpc) is 2.61. The zero-order valence-corrected chi connectivity index (χ0v) is 14.6. The van der Waals surface area contributed by atoms with Crippen molar-refractivity contribution in [1.29, 1.82) is 0 Å². The number of hydrogen-bond acceptors (Lipinski definition) is 5. The maximum absolute atomic E-state index is 12.1. The highest BCUT2D eigenvalue weighted by molar-refractivity contribution is 6.37. The molecule has 0 bridgehead atoms. The molecule has 0 aliphatic rings. The van der Waals surface area contributed by atoms with Gasteiger partial charge in [-0.05, 0) is 29.8 Å². The Morgan fingerprint density at radius 1 is 1.11 bits per heavy atom. The van der Waals surface area contributed by atoms with Crippen molar-refractivity contribution in [3.05, 3.63) is 53.1 Å². The van der Waals surface area contributed by atoms with Crippen LogP contribution in [0.25, 0.3) is 0 Å². The lowest BCUT2D eigenvalue weighted by molar-refractivity contribution is -0.274. The zero-order valence-electron chi connectivity index (χ0n) is 13.8. The van der Waals surface area contributed by atoms with Crippen LogP contribution in [-0.2, 0) is 20.9 Å². The molecule has 0 aliphatic heterocycles. The molecule has 27 heavy (non-hydrogen) atoms. The standard InChI is InChI=1S/C17H13ClF3NO5/c1-25-16(24)15(23)22-11-4-7-13(18)14(8-11)26-9-10-2-5-12(6-3-10)27-17(19,20)21/h2-8H,9H2,1H3,(H,22,23). The van der Waals surface area contributed by atoms with Crippen molar-refractivity contribution >= 4 is 29.2 Å². The Morgan fingerprint density at radius 3 is 2.37 bits per heavy atom. The van der Waals surface area contributed by atoms with Gasteiger partial charge in [0.15, 0.2) is 0 Å². The van der Waals surface area contributed by atoms with Crippen molar-refractivity contribution in [3.63, 3.8) is 0 Å². The maximum atomic E-state index is 12.1. The van der Waals surface area contributed by atoms with Gasteiger partial charge >= 0.3 is 18.2 Å². The summed E-state index contributed by atoms with van der Waals surface area (Å²) in [6, 6.07) is 9.41. The highest BCUT2D eigenvalue weighted by Crippen LogP contribution is 2.29. The van der Waals surface area contributed by atoms with Gasteiger partial charge in [0.2, 0.25) is 0 Å². The first-order valence-corrected chi connectivity index (χ1v) is 7.72. The van der Waals surface area contributed by atoms with E-state index in [0.717, 1.165) is 19.2 Å². The first-order valence-electron chi connectivity index (χ1n) is 7.34. The van der Waals surface area contributed by atoms with E-state index in [2.05, 4.69) is 14.8 Å². The quantitative estimate of drug-likeness (QED) is 0.605. The number of halogens is 4. The number of ether oxygens (including phenoxy) is 3. The number of carbonyl (C=O) groups excluding carboxylic acids is 2. The molecule has 0 fully saturated rings. The Labute approximate surface area is 156 Å². The molecule has 10 heteroatoms. The summed E-state index contributed by atoms with van der Waals surface area (Å²) < 4.78 is 50.0.